The second kappa shape index (κ2) is 7.82. The molecule has 3 heterocycles. The number of carbonyl (C=O) groups excluding carboxylic acids is 2. The van der Waals surface area contributed by atoms with Gasteiger partial charge in [-0.05, 0) is 51.2 Å². The summed E-state index contributed by atoms with van der Waals surface area (Å²) >= 11 is 1.60. The molecule has 152 valence electrons. The van der Waals surface area contributed by atoms with Crippen molar-refractivity contribution in [3.05, 3.63) is 50.3 Å². The Labute approximate surface area is 170 Å². The summed E-state index contributed by atoms with van der Waals surface area (Å²) < 4.78 is 6.78. The molecule has 1 aliphatic carbocycles. The number of fused-ring (bicyclic) bond motifs is 3. The Bertz CT molecular complexity index is 1160. The van der Waals surface area contributed by atoms with Crippen molar-refractivity contribution < 1.29 is 14.0 Å². The van der Waals surface area contributed by atoms with Gasteiger partial charge in [0.15, 0.2) is 0 Å². The van der Waals surface area contributed by atoms with Gasteiger partial charge in [0.25, 0.3) is 11.5 Å². The second-order valence-electron chi connectivity index (χ2n) is 7.21. The minimum Gasteiger partial charge on any atom is -0.466 e. The highest BCUT2D eigenvalue weighted by Crippen LogP contribution is 2.33. The molecule has 0 unspecified atom stereocenters. The van der Waals surface area contributed by atoms with E-state index in [-0.39, 0.29) is 18.5 Å². The van der Waals surface area contributed by atoms with Crippen LogP contribution in [0.2, 0.25) is 0 Å². The zero-order valence-corrected chi connectivity index (χ0v) is 17.1. The van der Waals surface area contributed by atoms with E-state index in [9.17, 15) is 14.4 Å². The fourth-order valence-electron chi connectivity index (χ4n) is 3.67. The third-order valence-corrected chi connectivity index (χ3v) is 6.32. The Kier molecular flexibility index (Phi) is 5.23. The first kappa shape index (κ1) is 19.4. The first-order valence-corrected chi connectivity index (χ1v) is 10.4. The smallest absolute Gasteiger partial charge is 0.273 e. The fraction of sp³-hybridized carbons (Fsp3) is 0.400. The number of rotatable bonds is 4. The molecule has 0 atom stereocenters. The number of amides is 2. The predicted molar refractivity (Wildman–Crippen MR) is 109 cm³/mol. The van der Waals surface area contributed by atoms with Crippen molar-refractivity contribution in [3.8, 4) is 0 Å². The van der Waals surface area contributed by atoms with E-state index < -0.39 is 11.8 Å². The van der Waals surface area contributed by atoms with Crippen molar-refractivity contribution >= 4 is 33.4 Å². The van der Waals surface area contributed by atoms with Crippen LogP contribution in [-0.2, 0) is 24.2 Å². The summed E-state index contributed by atoms with van der Waals surface area (Å²) in [5.41, 5.74) is 6.15. The number of aromatic nitrogens is 2. The van der Waals surface area contributed by atoms with E-state index in [4.69, 9.17) is 4.42 Å². The highest BCUT2D eigenvalue weighted by atomic mass is 32.1. The third kappa shape index (κ3) is 3.82. The lowest BCUT2D eigenvalue weighted by molar-refractivity contribution is -0.122. The molecule has 0 radical (unpaired) electrons. The largest absolute Gasteiger partial charge is 0.466 e. The maximum absolute atomic E-state index is 12.9. The quantitative estimate of drug-likeness (QED) is 0.638. The van der Waals surface area contributed by atoms with Crippen LogP contribution in [0.4, 0.5) is 0 Å². The molecular weight excluding hydrogens is 392 g/mol. The molecule has 0 fully saturated rings. The molecule has 0 aliphatic heterocycles. The van der Waals surface area contributed by atoms with Crippen molar-refractivity contribution in [2.75, 3.05) is 0 Å². The molecule has 0 spiro atoms. The summed E-state index contributed by atoms with van der Waals surface area (Å²) in [6.45, 7) is 3.62. The number of hydrogen-bond donors (Lipinski definition) is 2. The number of aryl methyl sites for hydroxylation is 5. The maximum atomic E-state index is 12.9. The van der Waals surface area contributed by atoms with Gasteiger partial charge in [0, 0.05) is 17.8 Å². The average Bonchev–Trinajstić information content (AvgIpc) is 3.25. The number of hydrazine groups is 1. The topological polar surface area (TPSA) is 106 Å². The van der Waals surface area contributed by atoms with E-state index in [1.807, 2.05) is 0 Å². The summed E-state index contributed by atoms with van der Waals surface area (Å²) in [7, 11) is 0. The van der Waals surface area contributed by atoms with Gasteiger partial charge in [-0.25, -0.2) is 4.98 Å². The van der Waals surface area contributed by atoms with Gasteiger partial charge in [0.2, 0.25) is 5.91 Å². The Morgan fingerprint density at radius 1 is 1.24 bits per heavy atom. The zero-order valence-electron chi connectivity index (χ0n) is 16.3. The van der Waals surface area contributed by atoms with Crippen molar-refractivity contribution in [3.63, 3.8) is 0 Å². The summed E-state index contributed by atoms with van der Waals surface area (Å²) in [5.74, 6) is 0.268. The van der Waals surface area contributed by atoms with Crippen LogP contribution in [0.25, 0.3) is 10.2 Å². The number of hydrogen-bond acceptors (Lipinski definition) is 6. The molecule has 4 rings (SSSR count). The molecule has 29 heavy (non-hydrogen) atoms. The molecule has 3 aromatic rings. The molecule has 2 N–H and O–H groups in total. The number of carbonyl (C=O) groups is 2. The van der Waals surface area contributed by atoms with Gasteiger partial charge in [-0.2, -0.15) is 0 Å². The number of nitrogens with one attached hydrogen (secondary N) is 2. The van der Waals surface area contributed by atoms with Crippen molar-refractivity contribution in [1.82, 2.24) is 20.4 Å². The first-order valence-electron chi connectivity index (χ1n) is 9.60. The molecule has 3 aromatic heterocycles. The van der Waals surface area contributed by atoms with E-state index in [0.717, 1.165) is 36.1 Å². The van der Waals surface area contributed by atoms with Gasteiger partial charge < -0.3 is 4.42 Å². The van der Waals surface area contributed by atoms with E-state index in [0.29, 0.717) is 22.5 Å². The summed E-state index contributed by atoms with van der Waals surface area (Å²) in [6, 6.07) is 1.61. The standard InChI is InChI=1S/C20H22N4O4S/c1-11-9-14(12(2)28-11)18(26)23-22-16(25)7-8-24-10-21-19-17(20(24)27)13-5-3-4-6-15(13)29-19/h9-10H,3-8H2,1-2H3,(H,22,25)(H,23,26). The Morgan fingerprint density at radius 2 is 2.03 bits per heavy atom. The molecule has 0 saturated heterocycles. The summed E-state index contributed by atoms with van der Waals surface area (Å²) in [4.78, 5) is 43.6. The summed E-state index contributed by atoms with van der Waals surface area (Å²) in [5, 5.41) is 0.701. The summed E-state index contributed by atoms with van der Waals surface area (Å²) in [6.07, 6.45) is 5.70. The van der Waals surface area contributed by atoms with Gasteiger partial charge >= 0.3 is 0 Å². The molecule has 0 aromatic carbocycles. The third-order valence-electron chi connectivity index (χ3n) is 5.12. The SMILES string of the molecule is Cc1cc(C(=O)NNC(=O)CCn2cnc3sc4c(c3c2=O)CCCC4)c(C)o1. The van der Waals surface area contributed by atoms with Crippen LogP contribution in [0.5, 0.6) is 0 Å². The predicted octanol–water partition coefficient (Wildman–Crippen LogP) is 2.40. The van der Waals surface area contributed by atoms with Gasteiger partial charge in [-0.1, -0.05) is 0 Å². The molecule has 0 bridgehead atoms. The van der Waals surface area contributed by atoms with E-state index in [2.05, 4.69) is 15.8 Å². The molecule has 9 heteroatoms. The van der Waals surface area contributed by atoms with E-state index in [1.165, 1.54) is 15.8 Å². The highest BCUT2D eigenvalue weighted by Gasteiger charge is 2.20. The fourth-order valence-corrected chi connectivity index (χ4v) is 4.89. The Morgan fingerprint density at radius 3 is 2.79 bits per heavy atom. The van der Waals surface area contributed by atoms with Gasteiger partial charge in [0.05, 0.1) is 17.3 Å². The van der Waals surface area contributed by atoms with Gasteiger partial charge in [-0.15, -0.1) is 11.3 Å². The van der Waals surface area contributed by atoms with Crippen LogP contribution >= 0.6 is 11.3 Å². The van der Waals surface area contributed by atoms with Crippen LogP contribution in [0.1, 0.15) is 51.6 Å². The average molecular weight is 414 g/mol. The lowest BCUT2D eigenvalue weighted by Gasteiger charge is -2.10. The minimum absolute atomic E-state index is 0.0447. The van der Waals surface area contributed by atoms with Crippen molar-refractivity contribution in [2.45, 2.75) is 52.5 Å². The second-order valence-corrected chi connectivity index (χ2v) is 8.30. The van der Waals surface area contributed by atoms with Gasteiger partial charge in [0.1, 0.15) is 16.4 Å². The Balaban J connectivity index is 1.40. The van der Waals surface area contributed by atoms with E-state index in [1.54, 1.807) is 31.3 Å². The number of thiophene rings is 1. The Hall–Kier alpha value is -2.94. The maximum Gasteiger partial charge on any atom is 0.273 e. The van der Waals surface area contributed by atoms with Crippen LogP contribution in [-0.4, -0.2) is 21.4 Å². The lowest BCUT2D eigenvalue weighted by Crippen LogP contribution is -2.42. The van der Waals surface area contributed by atoms with E-state index >= 15 is 0 Å². The molecule has 1 aliphatic rings. The lowest BCUT2D eigenvalue weighted by atomic mass is 9.97. The van der Waals surface area contributed by atoms with Crippen LogP contribution in [0.15, 0.2) is 21.6 Å². The highest BCUT2D eigenvalue weighted by molar-refractivity contribution is 7.18. The monoisotopic (exact) mass is 414 g/mol. The van der Waals surface area contributed by atoms with Crippen LogP contribution in [0.3, 0.4) is 0 Å². The van der Waals surface area contributed by atoms with Crippen molar-refractivity contribution in [1.29, 1.82) is 0 Å². The van der Waals surface area contributed by atoms with Crippen molar-refractivity contribution in [2.24, 2.45) is 0 Å². The minimum atomic E-state index is -0.446. The molecule has 0 saturated carbocycles. The zero-order chi connectivity index (χ0) is 20.5. The van der Waals surface area contributed by atoms with Crippen LogP contribution < -0.4 is 16.4 Å². The molecule has 8 nitrogen and oxygen atoms in total. The number of furan rings is 1. The first-order chi connectivity index (χ1) is 13.9. The number of nitrogens with zero attached hydrogens (tertiary/aromatic N) is 2. The van der Waals surface area contributed by atoms with Crippen LogP contribution in [0, 0.1) is 13.8 Å². The normalized spacial score (nSPS) is 13.3. The van der Waals surface area contributed by atoms with Gasteiger partial charge in [-0.3, -0.25) is 29.8 Å². The molecular formula is C20H22N4O4S. The molecule has 2 amide bonds.